The van der Waals surface area contributed by atoms with Gasteiger partial charge in [-0.05, 0) is 24.6 Å². The standard InChI is InChI=1S/C8H5ClFNO2S/c1-5-6(4-11)2-7(10)3-8(5)14(9,12)13/h2-3H,1H3. The third-order valence-electron chi connectivity index (χ3n) is 1.71. The predicted molar refractivity (Wildman–Crippen MR) is 48.9 cm³/mol. The van der Waals surface area contributed by atoms with E-state index < -0.39 is 14.9 Å². The zero-order valence-electron chi connectivity index (χ0n) is 7.08. The van der Waals surface area contributed by atoms with E-state index in [4.69, 9.17) is 15.9 Å². The Hall–Kier alpha value is -1.12. The monoisotopic (exact) mass is 233 g/mol. The predicted octanol–water partition coefficient (Wildman–Crippen LogP) is 1.93. The molecule has 0 aliphatic rings. The number of benzene rings is 1. The molecule has 0 aliphatic heterocycles. The van der Waals surface area contributed by atoms with Gasteiger partial charge in [-0.15, -0.1) is 0 Å². The highest BCUT2D eigenvalue weighted by Crippen LogP contribution is 2.23. The van der Waals surface area contributed by atoms with Gasteiger partial charge in [-0.3, -0.25) is 0 Å². The van der Waals surface area contributed by atoms with Crippen molar-refractivity contribution in [2.75, 3.05) is 0 Å². The molecule has 3 nitrogen and oxygen atoms in total. The molecule has 1 aromatic carbocycles. The largest absolute Gasteiger partial charge is 0.261 e. The highest BCUT2D eigenvalue weighted by atomic mass is 35.7. The van der Waals surface area contributed by atoms with Crippen LogP contribution in [0.3, 0.4) is 0 Å². The maximum absolute atomic E-state index is 12.9. The summed E-state index contributed by atoms with van der Waals surface area (Å²) in [5.41, 5.74) is 0.119. The minimum absolute atomic E-state index is 0.0378. The number of nitrogens with zero attached hydrogens (tertiary/aromatic N) is 1. The van der Waals surface area contributed by atoms with Crippen molar-refractivity contribution in [3.8, 4) is 6.07 Å². The van der Waals surface area contributed by atoms with Gasteiger partial charge in [0.15, 0.2) is 0 Å². The molecule has 0 aromatic heterocycles. The maximum atomic E-state index is 12.9. The second-order valence-corrected chi connectivity index (χ2v) is 5.16. The van der Waals surface area contributed by atoms with Crippen LogP contribution >= 0.6 is 10.7 Å². The van der Waals surface area contributed by atoms with Crippen molar-refractivity contribution in [2.45, 2.75) is 11.8 Å². The fourth-order valence-electron chi connectivity index (χ4n) is 1.02. The van der Waals surface area contributed by atoms with Crippen molar-refractivity contribution < 1.29 is 12.8 Å². The Kier molecular flexibility index (Phi) is 2.79. The number of hydrogen-bond acceptors (Lipinski definition) is 3. The van der Waals surface area contributed by atoms with Crippen molar-refractivity contribution in [3.63, 3.8) is 0 Å². The summed E-state index contributed by atoms with van der Waals surface area (Å²) in [6, 6.07) is 3.43. The van der Waals surface area contributed by atoms with Gasteiger partial charge in [-0.25, -0.2) is 12.8 Å². The Morgan fingerprint density at radius 3 is 2.50 bits per heavy atom. The highest BCUT2D eigenvalue weighted by Gasteiger charge is 2.17. The molecule has 0 saturated heterocycles. The summed E-state index contributed by atoms with van der Waals surface area (Å²) in [5, 5.41) is 8.58. The molecule has 0 saturated carbocycles. The van der Waals surface area contributed by atoms with Crippen LogP contribution in [0.4, 0.5) is 4.39 Å². The molecule has 0 atom stereocenters. The van der Waals surface area contributed by atoms with Crippen LogP contribution in [0.2, 0.25) is 0 Å². The quantitative estimate of drug-likeness (QED) is 0.697. The van der Waals surface area contributed by atoms with Crippen LogP contribution in [0.5, 0.6) is 0 Å². The van der Waals surface area contributed by atoms with Crippen molar-refractivity contribution in [2.24, 2.45) is 0 Å². The molecule has 0 amide bonds. The average molecular weight is 234 g/mol. The lowest BCUT2D eigenvalue weighted by molar-refractivity contribution is 0.601. The summed E-state index contributed by atoms with van der Waals surface area (Å²) >= 11 is 0. The van der Waals surface area contributed by atoms with Crippen LogP contribution in [0, 0.1) is 24.1 Å². The van der Waals surface area contributed by atoms with E-state index in [9.17, 15) is 12.8 Å². The van der Waals surface area contributed by atoms with E-state index in [-0.39, 0.29) is 16.0 Å². The average Bonchev–Trinajstić information content (AvgIpc) is 2.06. The lowest BCUT2D eigenvalue weighted by Crippen LogP contribution is -1.98. The van der Waals surface area contributed by atoms with Crippen molar-refractivity contribution in [3.05, 3.63) is 29.1 Å². The number of nitriles is 1. The van der Waals surface area contributed by atoms with Crippen molar-refractivity contribution in [1.29, 1.82) is 5.26 Å². The summed E-state index contributed by atoms with van der Waals surface area (Å²) in [6.07, 6.45) is 0. The molecular weight excluding hydrogens is 229 g/mol. The second-order valence-electron chi connectivity index (χ2n) is 2.63. The number of halogens is 2. The first-order chi connectivity index (χ1) is 6.36. The van der Waals surface area contributed by atoms with Crippen molar-refractivity contribution in [1.82, 2.24) is 0 Å². The molecule has 0 fully saturated rings. The smallest absolute Gasteiger partial charge is 0.207 e. The molecule has 0 radical (unpaired) electrons. The van der Waals surface area contributed by atoms with Crippen LogP contribution in [-0.4, -0.2) is 8.42 Å². The zero-order chi connectivity index (χ0) is 10.9. The molecule has 1 rings (SSSR count). The van der Waals surface area contributed by atoms with Gasteiger partial charge < -0.3 is 0 Å². The fraction of sp³-hybridized carbons (Fsp3) is 0.125. The number of hydrogen-bond donors (Lipinski definition) is 0. The zero-order valence-corrected chi connectivity index (χ0v) is 8.66. The topological polar surface area (TPSA) is 57.9 Å². The molecule has 0 spiro atoms. The van der Waals surface area contributed by atoms with Crippen LogP contribution in [0.25, 0.3) is 0 Å². The second kappa shape index (κ2) is 3.56. The van der Waals surface area contributed by atoms with E-state index in [1.807, 2.05) is 0 Å². The lowest BCUT2D eigenvalue weighted by Gasteiger charge is -2.03. The summed E-state index contributed by atoms with van der Waals surface area (Å²) in [6.45, 7) is 1.40. The summed E-state index contributed by atoms with van der Waals surface area (Å²) in [7, 11) is 1.05. The summed E-state index contributed by atoms with van der Waals surface area (Å²) < 4.78 is 34.8. The van der Waals surface area contributed by atoms with Gasteiger partial charge in [0.1, 0.15) is 5.82 Å². The van der Waals surface area contributed by atoms with Crippen molar-refractivity contribution >= 4 is 19.7 Å². The van der Waals surface area contributed by atoms with E-state index >= 15 is 0 Å². The molecule has 0 unspecified atom stereocenters. The minimum atomic E-state index is -4.01. The van der Waals surface area contributed by atoms with Crippen LogP contribution in [0.15, 0.2) is 17.0 Å². The fourth-order valence-corrected chi connectivity index (χ4v) is 2.23. The summed E-state index contributed by atoms with van der Waals surface area (Å²) in [4.78, 5) is -0.365. The molecule has 0 heterocycles. The minimum Gasteiger partial charge on any atom is -0.207 e. The molecule has 6 heteroatoms. The molecule has 0 bridgehead atoms. The Morgan fingerprint density at radius 1 is 1.50 bits per heavy atom. The van der Waals surface area contributed by atoms with E-state index in [0.29, 0.717) is 0 Å². The van der Waals surface area contributed by atoms with E-state index in [2.05, 4.69) is 0 Å². The van der Waals surface area contributed by atoms with Gasteiger partial charge in [-0.2, -0.15) is 5.26 Å². The van der Waals surface area contributed by atoms with Gasteiger partial charge in [0, 0.05) is 10.7 Å². The maximum Gasteiger partial charge on any atom is 0.261 e. The molecule has 14 heavy (non-hydrogen) atoms. The van der Waals surface area contributed by atoms with Gasteiger partial charge >= 0.3 is 0 Å². The van der Waals surface area contributed by atoms with E-state index in [0.717, 1.165) is 12.1 Å². The molecule has 0 aliphatic carbocycles. The van der Waals surface area contributed by atoms with Gasteiger partial charge in [0.05, 0.1) is 16.5 Å². The third kappa shape index (κ3) is 2.03. The molecular formula is C8H5ClFNO2S. The third-order valence-corrected chi connectivity index (χ3v) is 3.16. The summed E-state index contributed by atoms with van der Waals surface area (Å²) in [5.74, 6) is -0.800. The molecule has 74 valence electrons. The Labute approximate surface area is 85.2 Å². The molecule has 1 aromatic rings. The molecule has 0 N–H and O–H groups in total. The normalized spacial score (nSPS) is 11.0. The highest BCUT2D eigenvalue weighted by molar-refractivity contribution is 8.13. The van der Waals surface area contributed by atoms with E-state index in [1.54, 1.807) is 6.07 Å². The van der Waals surface area contributed by atoms with E-state index in [1.165, 1.54) is 6.92 Å². The Morgan fingerprint density at radius 2 is 2.07 bits per heavy atom. The van der Waals surface area contributed by atoms with Crippen LogP contribution < -0.4 is 0 Å². The number of rotatable bonds is 1. The van der Waals surface area contributed by atoms with Gasteiger partial charge in [-0.1, -0.05) is 0 Å². The Bertz CT molecular complexity index is 519. The lowest BCUT2D eigenvalue weighted by atomic mass is 10.1. The Balaban J connectivity index is 3.64. The van der Waals surface area contributed by atoms with Crippen LogP contribution in [0.1, 0.15) is 11.1 Å². The first-order valence-electron chi connectivity index (χ1n) is 3.51. The van der Waals surface area contributed by atoms with Gasteiger partial charge in [0.25, 0.3) is 9.05 Å². The van der Waals surface area contributed by atoms with Gasteiger partial charge in [0.2, 0.25) is 0 Å². The first-order valence-corrected chi connectivity index (χ1v) is 5.82. The SMILES string of the molecule is Cc1c(C#N)cc(F)cc1S(=O)(=O)Cl. The first kappa shape index (κ1) is 11.0. The van der Waals surface area contributed by atoms with Crippen LogP contribution in [-0.2, 0) is 9.05 Å².